The number of aliphatic hydroxyl groups excluding tert-OH is 1. The van der Waals surface area contributed by atoms with Crippen LogP contribution in [0.4, 0.5) is 0 Å². The van der Waals surface area contributed by atoms with Gasteiger partial charge in [-0.05, 0) is 34.5 Å². The SMILES string of the molecule is CCC[C@@H](O)c1ncccc1Br. The molecule has 0 saturated carbocycles. The Hall–Kier alpha value is -0.410. The number of halogens is 1. The normalized spacial score (nSPS) is 12.9. The highest BCUT2D eigenvalue weighted by molar-refractivity contribution is 9.10. The van der Waals surface area contributed by atoms with Gasteiger partial charge in [0.25, 0.3) is 0 Å². The van der Waals surface area contributed by atoms with Crippen molar-refractivity contribution in [2.75, 3.05) is 0 Å². The van der Waals surface area contributed by atoms with E-state index in [1.54, 1.807) is 6.20 Å². The highest BCUT2D eigenvalue weighted by Gasteiger charge is 2.10. The summed E-state index contributed by atoms with van der Waals surface area (Å²) in [6.07, 6.45) is 2.98. The minimum Gasteiger partial charge on any atom is -0.387 e. The van der Waals surface area contributed by atoms with Gasteiger partial charge >= 0.3 is 0 Å². The Labute approximate surface area is 80.8 Å². The zero-order chi connectivity index (χ0) is 8.97. The number of rotatable bonds is 3. The van der Waals surface area contributed by atoms with Crippen LogP contribution in [-0.2, 0) is 0 Å². The van der Waals surface area contributed by atoms with Crippen LogP contribution >= 0.6 is 15.9 Å². The van der Waals surface area contributed by atoms with Crippen molar-refractivity contribution in [1.29, 1.82) is 0 Å². The van der Waals surface area contributed by atoms with Crippen molar-refractivity contribution in [1.82, 2.24) is 4.98 Å². The van der Waals surface area contributed by atoms with Gasteiger partial charge in [-0.25, -0.2) is 0 Å². The number of pyridine rings is 1. The molecule has 0 fully saturated rings. The fourth-order valence-electron chi connectivity index (χ4n) is 1.05. The van der Waals surface area contributed by atoms with Gasteiger partial charge in [-0.3, -0.25) is 4.98 Å². The maximum absolute atomic E-state index is 9.61. The lowest BCUT2D eigenvalue weighted by molar-refractivity contribution is 0.161. The second-order valence-corrected chi connectivity index (χ2v) is 3.53. The van der Waals surface area contributed by atoms with Crippen LogP contribution in [-0.4, -0.2) is 10.1 Å². The highest BCUT2D eigenvalue weighted by atomic mass is 79.9. The maximum Gasteiger partial charge on any atom is 0.0971 e. The molecule has 0 aliphatic rings. The molecule has 1 atom stereocenters. The molecule has 0 aromatic carbocycles. The van der Waals surface area contributed by atoms with E-state index < -0.39 is 6.10 Å². The van der Waals surface area contributed by atoms with Gasteiger partial charge in [0, 0.05) is 10.7 Å². The molecule has 2 nitrogen and oxygen atoms in total. The third-order valence-corrected chi connectivity index (χ3v) is 2.34. The van der Waals surface area contributed by atoms with Gasteiger partial charge in [0.1, 0.15) is 0 Å². The summed E-state index contributed by atoms with van der Waals surface area (Å²) in [5.74, 6) is 0. The van der Waals surface area contributed by atoms with Crippen LogP contribution in [0.1, 0.15) is 31.6 Å². The van der Waals surface area contributed by atoms with E-state index in [2.05, 4.69) is 20.9 Å². The molecule has 1 N–H and O–H groups in total. The van der Waals surface area contributed by atoms with Gasteiger partial charge in [-0.15, -0.1) is 0 Å². The molecule has 1 rings (SSSR count). The molecule has 0 aliphatic heterocycles. The summed E-state index contributed by atoms with van der Waals surface area (Å²) in [6.45, 7) is 2.04. The van der Waals surface area contributed by atoms with Crippen molar-refractivity contribution >= 4 is 15.9 Å². The minimum atomic E-state index is -0.439. The van der Waals surface area contributed by atoms with Crippen LogP contribution in [0.3, 0.4) is 0 Å². The lowest BCUT2D eigenvalue weighted by Crippen LogP contribution is -2.00. The van der Waals surface area contributed by atoms with E-state index >= 15 is 0 Å². The van der Waals surface area contributed by atoms with Gasteiger partial charge in [0.15, 0.2) is 0 Å². The van der Waals surface area contributed by atoms with Crippen LogP contribution in [0, 0.1) is 0 Å². The van der Waals surface area contributed by atoms with Crippen molar-refractivity contribution in [2.45, 2.75) is 25.9 Å². The number of nitrogens with zero attached hydrogens (tertiary/aromatic N) is 1. The topological polar surface area (TPSA) is 33.1 Å². The Morgan fingerprint density at radius 3 is 3.00 bits per heavy atom. The number of aliphatic hydroxyl groups is 1. The molecule has 3 heteroatoms. The molecule has 0 spiro atoms. The lowest BCUT2D eigenvalue weighted by Gasteiger charge is -2.09. The van der Waals surface area contributed by atoms with Crippen LogP contribution < -0.4 is 0 Å². The van der Waals surface area contributed by atoms with Crippen LogP contribution in [0.25, 0.3) is 0 Å². The second-order valence-electron chi connectivity index (χ2n) is 2.67. The van der Waals surface area contributed by atoms with E-state index in [9.17, 15) is 5.11 Å². The van der Waals surface area contributed by atoms with E-state index in [0.717, 1.165) is 23.0 Å². The van der Waals surface area contributed by atoms with Crippen molar-refractivity contribution in [2.24, 2.45) is 0 Å². The first kappa shape index (κ1) is 9.68. The van der Waals surface area contributed by atoms with E-state index in [1.807, 2.05) is 19.1 Å². The Bertz CT molecular complexity index is 252. The maximum atomic E-state index is 9.61. The molecule has 1 aromatic rings. The zero-order valence-corrected chi connectivity index (χ0v) is 8.58. The highest BCUT2D eigenvalue weighted by Crippen LogP contribution is 2.23. The number of hydrogen-bond acceptors (Lipinski definition) is 2. The minimum absolute atomic E-state index is 0.439. The van der Waals surface area contributed by atoms with Crippen molar-refractivity contribution in [3.8, 4) is 0 Å². The first-order valence-electron chi connectivity index (χ1n) is 4.04. The molecule has 0 aliphatic carbocycles. The first-order valence-corrected chi connectivity index (χ1v) is 4.83. The zero-order valence-electron chi connectivity index (χ0n) is 7.00. The summed E-state index contributed by atoms with van der Waals surface area (Å²) in [5, 5.41) is 9.61. The van der Waals surface area contributed by atoms with Crippen LogP contribution in [0.2, 0.25) is 0 Å². The molecular formula is C9H12BrNO. The Balaban J connectivity index is 2.79. The van der Waals surface area contributed by atoms with Crippen LogP contribution in [0.5, 0.6) is 0 Å². The monoisotopic (exact) mass is 229 g/mol. The fourth-order valence-corrected chi connectivity index (χ4v) is 1.57. The Morgan fingerprint density at radius 2 is 2.42 bits per heavy atom. The van der Waals surface area contributed by atoms with Gasteiger partial charge in [-0.2, -0.15) is 0 Å². The van der Waals surface area contributed by atoms with Crippen molar-refractivity contribution < 1.29 is 5.11 Å². The van der Waals surface area contributed by atoms with Gasteiger partial charge in [0.2, 0.25) is 0 Å². The summed E-state index contributed by atoms with van der Waals surface area (Å²) in [7, 11) is 0. The van der Waals surface area contributed by atoms with Crippen molar-refractivity contribution in [3.63, 3.8) is 0 Å². The standard InChI is InChI=1S/C9H12BrNO/c1-2-4-8(12)9-7(10)5-3-6-11-9/h3,5-6,8,12H,2,4H2,1H3/t8-/m1/s1. The molecule has 0 bridgehead atoms. The second kappa shape index (κ2) is 4.58. The average molecular weight is 230 g/mol. The lowest BCUT2D eigenvalue weighted by atomic mass is 10.1. The predicted octanol–water partition coefficient (Wildman–Crippen LogP) is 2.68. The average Bonchev–Trinajstić information content (AvgIpc) is 2.05. The third-order valence-electron chi connectivity index (χ3n) is 1.66. The number of aromatic nitrogens is 1. The molecular weight excluding hydrogens is 218 g/mol. The van der Waals surface area contributed by atoms with Gasteiger partial charge < -0.3 is 5.11 Å². The fraction of sp³-hybridized carbons (Fsp3) is 0.444. The molecule has 0 saturated heterocycles. The third kappa shape index (κ3) is 2.29. The van der Waals surface area contributed by atoms with Crippen LogP contribution in [0.15, 0.2) is 22.8 Å². The summed E-state index contributed by atoms with van der Waals surface area (Å²) >= 11 is 3.34. The smallest absolute Gasteiger partial charge is 0.0971 e. The molecule has 1 heterocycles. The Kier molecular flexibility index (Phi) is 3.69. The molecule has 12 heavy (non-hydrogen) atoms. The van der Waals surface area contributed by atoms with Gasteiger partial charge in [-0.1, -0.05) is 13.3 Å². The van der Waals surface area contributed by atoms with E-state index in [-0.39, 0.29) is 0 Å². The summed E-state index contributed by atoms with van der Waals surface area (Å²) in [4.78, 5) is 4.10. The molecule has 0 unspecified atom stereocenters. The summed E-state index contributed by atoms with van der Waals surface area (Å²) in [6, 6.07) is 3.73. The van der Waals surface area contributed by atoms with E-state index in [0.29, 0.717) is 0 Å². The van der Waals surface area contributed by atoms with Gasteiger partial charge in [0.05, 0.1) is 11.8 Å². The Morgan fingerprint density at radius 1 is 1.67 bits per heavy atom. The largest absolute Gasteiger partial charge is 0.387 e. The summed E-state index contributed by atoms with van der Waals surface area (Å²) in [5.41, 5.74) is 0.736. The molecule has 66 valence electrons. The quantitative estimate of drug-likeness (QED) is 0.865. The van der Waals surface area contributed by atoms with E-state index in [4.69, 9.17) is 0 Å². The molecule has 0 radical (unpaired) electrons. The number of hydrogen-bond donors (Lipinski definition) is 1. The molecule has 0 amide bonds. The molecule has 1 aromatic heterocycles. The summed E-state index contributed by atoms with van der Waals surface area (Å²) < 4.78 is 0.881. The van der Waals surface area contributed by atoms with Crippen molar-refractivity contribution in [3.05, 3.63) is 28.5 Å². The van der Waals surface area contributed by atoms with E-state index in [1.165, 1.54) is 0 Å². The predicted molar refractivity (Wildman–Crippen MR) is 51.8 cm³/mol. The first-order chi connectivity index (χ1) is 5.75.